The molecule has 1 amide bonds. The van der Waals surface area contributed by atoms with Crippen LogP contribution in [0, 0.1) is 11.7 Å². The van der Waals surface area contributed by atoms with Gasteiger partial charge in [-0.25, -0.2) is 9.37 Å². The van der Waals surface area contributed by atoms with Gasteiger partial charge in [0.25, 0.3) is 5.91 Å². The molecule has 1 heterocycles. The second kappa shape index (κ2) is 6.68. The maximum absolute atomic E-state index is 14.3. The van der Waals surface area contributed by atoms with Gasteiger partial charge in [-0.1, -0.05) is 6.42 Å². The predicted molar refractivity (Wildman–Crippen MR) is 77.3 cm³/mol. The SMILES string of the molecule is CCNc1nccc(C(=O)N(CC)CC2CCC2)c1F. The van der Waals surface area contributed by atoms with Crippen molar-refractivity contribution in [3.05, 3.63) is 23.6 Å². The Kier molecular flexibility index (Phi) is 4.93. The molecule has 1 aliphatic carbocycles. The smallest absolute Gasteiger partial charge is 0.257 e. The number of anilines is 1. The van der Waals surface area contributed by atoms with E-state index in [0.29, 0.717) is 19.0 Å². The quantitative estimate of drug-likeness (QED) is 0.871. The first-order valence-electron chi connectivity index (χ1n) is 7.35. The molecule has 4 nitrogen and oxygen atoms in total. The van der Waals surface area contributed by atoms with Gasteiger partial charge in [-0.2, -0.15) is 0 Å². The van der Waals surface area contributed by atoms with Gasteiger partial charge in [-0.15, -0.1) is 0 Å². The topological polar surface area (TPSA) is 45.2 Å². The van der Waals surface area contributed by atoms with Crippen molar-refractivity contribution >= 4 is 11.7 Å². The van der Waals surface area contributed by atoms with Crippen molar-refractivity contribution in [3.8, 4) is 0 Å². The van der Waals surface area contributed by atoms with Crippen LogP contribution < -0.4 is 5.32 Å². The van der Waals surface area contributed by atoms with Gasteiger partial charge in [0.1, 0.15) is 0 Å². The van der Waals surface area contributed by atoms with Gasteiger partial charge in [0.2, 0.25) is 0 Å². The summed E-state index contributed by atoms with van der Waals surface area (Å²) in [7, 11) is 0. The lowest BCUT2D eigenvalue weighted by Crippen LogP contribution is -2.37. The zero-order chi connectivity index (χ0) is 14.5. The summed E-state index contributed by atoms with van der Waals surface area (Å²) in [6.45, 7) is 5.70. The highest BCUT2D eigenvalue weighted by molar-refractivity contribution is 5.95. The molecule has 1 aromatic rings. The number of nitrogens with one attached hydrogen (secondary N) is 1. The van der Waals surface area contributed by atoms with Gasteiger partial charge in [0, 0.05) is 25.8 Å². The summed E-state index contributed by atoms with van der Waals surface area (Å²) >= 11 is 0. The number of hydrogen-bond donors (Lipinski definition) is 1. The number of carbonyl (C=O) groups excluding carboxylic acids is 1. The van der Waals surface area contributed by atoms with E-state index >= 15 is 0 Å². The van der Waals surface area contributed by atoms with Crippen molar-refractivity contribution in [2.24, 2.45) is 5.92 Å². The Labute approximate surface area is 119 Å². The van der Waals surface area contributed by atoms with Crippen molar-refractivity contribution < 1.29 is 9.18 Å². The number of halogens is 1. The monoisotopic (exact) mass is 279 g/mol. The number of rotatable bonds is 6. The lowest BCUT2D eigenvalue weighted by molar-refractivity contribution is 0.0701. The van der Waals surface area contributed by atoms with Crippen LogP contribution >= 0.6 is 0 Å². The molecule has 1 aromatic heterocycles. The van der Waals surface area contributed by atoms with Crippen molar-refractivity contribution in [1.29, 1.82) is 0 Å². The third kappa shape index (κ3) is 3.08. The average molecular weight is 279 g/mol. The zero-order valence-corrected chi connectivity index (χ0v) is 12.2. The molecule has 0 unspecified atom stereocenters. The molecule has 0 aliphatic heterocycles. The fraction of sp³-hybridized carbons (Fsp3) is 0.600. The van der Waals surface area contributed by atoms with Crippen LogP contribution in [0.3, 0.4) is 0 Å². The molecule has 0 atom stereocenters. The molecular weight excluding hydrogens is 257 g/mol. The highest BCUT2D eigenvalue weighted by atomic mass is 19.1. The Hall–Kier alpha value is -1.65. The third-order valence-electron chi connectivity index (χ3n) is 3.84. The number of hydrogen-bond acceptors (Lipinski definition) is 3. The normalized spacial score (nSPS) is 14.8. The molecule has 1 aliphatic rings. The highest BCUT2D eigenvalue weighted by Gasteiger charge is 2.25. The number of nitrogens with zero attached hydrogens (tertiary/aromatic N) is 2. The van der Waals surface area contributed by atoms with Crippen LogP contribution in [0.25, 0.3) is 0 Å². The summed E-state index contributed by atoms with van der Waals surface area (Å²) in [6, 6.07) is 1.46. The zero-order valence-electron chi connectivity index (χ0n) is 12.2. The third-order valence-corrected chi connectivity index (χ3v) is 3.84. The van der Waals surface area contributed by atoms with Crippen LogP contribution in [0.1, 0.15) is 43.5 Å². The first kappa shape index (κ1) is 14.8. The van der Waals surface area contributed by atoms with E-state index in [4.69, 9.17) is 0 Å². The summed E-state index contributed by atoms with van der Waals surface area (Å²) < 4.78 is 14.3. The van der Waals surface area contributed by atoms with Gasteiger partial charge in [-0.05, 0) is 38.7 Å². The minimum Gasteiger partial charge on any atom is -0.368 e. The molecular formula is C15H22FN3O. The van der Waals surface area contributed by atoms with Gasteiger partial charge in [0.15, 0.2) is 11.6 Å². The van der Waals surface area contributed by atoms with Crippen LogP contribution in [0.15, 0.2) is 12.3 Å². The summed E-state index contributed by atoms with van der Waals surface area (Å²) in [5.41, 5.74) is 0.108. The van der Waals surface area contributed by atoms with Crippen LogP contribution in [-0.4, -0.2) is 35.4 Å². The van der Waals surface area contributed by atoms with Crippen molar-refractivity contribution in [1.82, 2.24) is 9.88 Å². The fourth-order valence-corrected chi connectivity index (χ4v) is 2.41. The molecule has 0 bridgehead atoms. The molecule has 110 valence electrons. The van der Waals surface area contributed by atoms with E-state index in [1.54, 1.807) is 4.90 Å². The van der Waals surface area contributed by atoms with E-state index < -0.39 is 5.82 Å². The molecule has 1 saturated carbocycles. The largest absolute Gasteiger partial charge is 0.368 e. The molecule has 0 radical (unpaired) electrons. The average Bonchev–Trinajstić information content (AvgIpc) is 2.40. The Bertz CT molecular complexity index is 474. The van der Waals surface area contributed by atoms with Crippen LogP contribution in [0.2, 0.25) is 0 Å². The minimum atomic E-state index is -0.550. The summed E-state index contributed by atoms with van der Waals surface area (Å²) in [5, 5.41) is 2.83. The van der Waals surface area contributed by atoms with Crippen molar-refractivity contribution in [2.75, 3.05) is 25.0 Å². The Morgan fingerprint density at radius 3 is 2.80 bits per heavy atom. The van der Waals surface area contributed by atoms with E-state index in [2.05, 4.69) is 10.3 Å². The Balaban J connectivity index is 2.15. The first-order valence-corrected chi connectivity index (χ1v) is 7.35. The second-order valence-corrected chi connectivity index (χ2v) is 5.19. The maximum Gasteiger partial charge on any atom is 0.257 e. The maximum atomic E-state index is 14.3. The summed E-state index contributed by atoms with van der Waals surface area (Å²) in [6.07, 6.45) is 5.06. The van der Waals surface area contributed by atoms with Gasteiger partial charge < -0.3 is 10.2 Å². The molecule has 5 heteroatoms. The van der Waals surface area contributed by atoms with E-state index in [0.717, 1.165) is 6.54 Å². The summed E-state index contributed by atoms with van der Waals surface area (Å²) in [4.78, 5) is 18.1. The van der Waals surface area contributed by atoms with Crippen LogP contribution in [0.4, 0.5) is 10.2 Å². The van der Waals surface area contributed by atoms with Crippen molar-refractivity contribution in [2.45, 2.75) is 33.1 Å². The Morgan fingerprint density at radius 2 is 2.25 bits per heavy atom. The number of carbonyl (C=O) groups is 1. The van der Waals surface area contributed by atoms with Crippen LogP contribution in [-0.2, 0) is 0 Å². The number of amides is 1. The number of pyridine rings is 1. The molecule has 1 fully saturated rings. The molecule has 1 N–H and O–H groups in total. The predicted octanol–water partition coefficient (Wildman–Crippen LogP) is 2.91. The Morgan fingerprint density at radius 1 is 1.50 bits per heavy atom. The molecule has 20 heavy (non-hydrogen) atoms. The van der Waals surface area contributed by atoms with E-state index in [1.807, 2.05) is 13.8 Å². The van der Waals surface area contributed by atoms with Gasteiger partial charge in [0.05, 0.1) is 5.56 Å². The molecule has 0 spiro atoms. The summed E-state index contributed by atoms with van der Waals surface area (Å²) in [5.74, 6) is -0.0556. The van der Waals surface area contributed by atoms with Crippen LogP contribution in [0.5, 0.6) is 0 Å². The molecule has 2 rings (SSSR count). The molecule has 0 aromatic carbocycles. The molecule has 0 saturated heterocycles. The highest BCUT2D eigenvalue weighted by Crippen LogP contribution is 2.28. The lowest BCUT2D eigenvalue weighted by Gasteiger charge is -2.32. The number of aromatic nitrogens is 1. The van der Waals surface area contributed by atoms with Gasteiger partial charge in [-0.3, -0.25) is 4.79 Å². The van der Waals surface area contributed by atoms with E-state index in [1.165, 1.54) is 31.5 Å². The minimum absolute atomic E-state index is 0.108. The first-order chi connectivity index (χ1) is 9.67. The standard InChI is InChI=1S/C15H22FN3O/c1-3-17-14-13(16)12(8-9-18-14)15(20)19(4-2)10-11-6-5-7-11/h8-9,11H,3-7,10H2,1-2H3,(H,17,18). The fourth-order valence-electron chi connectivity index (χ4n) is 2.41. The van der Waals surface area contributed by atoms with E-state index in [-0.39, 0.29) is 17.3 Å². The van der Waals surface area contributed by atoms with Crippen molar-refractivity contribution in [3.63, 3.8) is 0 Å². The lowest BCUT2D eigenvalue weighted by atomic mass is 9.85. The van der Waals surface area contributed by atoms with Gasteiger partial charge >= 0.3 is 0 Å². The van der Waals surface area contributed by atoms with E-state index in [9.17, 15) is 9.18 Å². The second-order valence-electron chi connectivity index (χ2n) is 5.19.